The zero-order chi connectivity index (χ0) is 45.9. The molecule has 0 aliphatic heterocycles. The van der Waals surface area contributed by atoms with Crippen LogP contribution in [0, 0.1) is 0 Å². The first-order valence-corrected chi connectivity index (χ1v) is 24.4. The molecule has 0 fully saturated rings. The number of nitrogens with zero attached hydrogens (tertiary/aromatic N) is 6. The van der Waals surface area contributed by atoms with Gasteiger partial charge in [0.25, 0.3) is 0 Å². The predicted molar refractivity (Wildman–Crippen MR) is 292 cm³/mol. The lowest BCUT2D eigenvalue weighted by Crippen LogP contribution is -2.02. The van der Waals surface area contributed by atoms with Crippen LogP contribution in [0.4, 0.5) is 0 Å². The third kappa shape index (κ3) is 5.64. The van der Waals surface area contributed by atoms with Gasteiger partial charge in [-0.1, -0.05) is 170 Å². The van der Waals surface area contributed by atoms with Gasteiger partial charge >= 0.3 is 0 Å². The van der Waals surface area contributed by atoms with Crippen molar-refractivity contribution >= 4 is 96.9 Å². The average Bonchev–Trinajstić information content (AvgIpc) is 4.18. The summed E-state index contributed by atoms with van der Waals surface area (Å²) in [7, 11) is 0. The van der Waals surface area contributed by atoms with Crippen molar-refractivity contribution in [2.24, 2.45) is 0 Å². The maximum atomic E-state index is 5.28. The highest BCUT2D eigenvalue weighted by atomic mass is 32.1. The van der Waals surface area contributed by atoms with Crippen molar-refractivity contribution in [1.29, 1.82) is 0 Å². The summed E-state index contributed by atoms with van der Waals surface area (Å²) in [6.07, 6.45) is 0. The molecule has 0 unspecified atom stereocenters. The molecule has 0 spiro atoms. The topological polar surface area (TPSA) is 53.5 Å². The molecule has 0 amide bonds. The van der Waals surface area contributed by atoms with Crippen molar-refractivity contribution in [3.8, 4) is 51.2 Å². The Morgan fingerprint density at radius 1 is 0.314 bits per heavy atom. The number of rotatable bonds is 6. The highest BCUT2D eigenvalue weighted by Gasteiger charge is 2.28. The van der Waals surface area contributed by atoms with Crippen LogP contribution in [-0.2, 0) is 0 Å². The molecule has 0 radical (unpaired) electrons. The van der Waals surface area contributed by atoms with E-state index in [0.717, 1.165) is 65.9 Å². The SMILES string of the molecule is c1ccc(-c2nc(-c3ccccc3)nc(-c3ccc(-n4c5ccccc5c5cc(-n6c7ccccc7c7ccccc76)c6c(c7ccccc7n6-c6ccccc6)c54)c4sc5ccccc5c34)n2)cc1. The highest BCUT2D eigenvalue weighted by molar-refractivity contribution is 7.26. The number of fused-ring (bicyclic) bond motifs is 13. The molecule has 0 N–H and O–H groups in total. The first-order valence-electron chi connectivity index (χ1n) is 23.6. The lowest BCUT2D eigenvalue weighted by Gasteiger charge is -2.17. The second-order valence-corrected chi connectivity index (χ2v) is 19.0. The Morgan fingerprint density at radius 3 is 1.40 bits per heavy atom. The number of benzene rings is 10. The van der Waals surface area contributed by atoms with E-state index in [2.05, 4.69) is 208 Å². The maximum Gasteiger partial charge on any atom is 0.164 e. The van der Waals surface area contributed by atoms with Crippen molar-refractivity contribution in [2.75, 3.05) is 0 Å². The summed E-state index contributed by atoms with van der Waals surface area (Å²) >= 11 is 1.83. The van der Waals surface area contributed by atoms with Crippen LogP contribution in [0.2, 0.25) is 0 Å². The molecular formula is C63H38N6S. The Bertz CT molecular complexity index is 4470. The number of hydrogen-bond donors (Lipinski definition) is 0. The van der Waals surface area contributed by atoms with Crippen LogP contribution < -0.4 is 0 Å². The smallest absolute Gasteiger partial charge is 0.164 e. The second kappa shape index (κ2) is 15.2. The fourth-order valence-electron chi connectivity index (χ4n) is 11.1. The van der Waals surface area contributed by atoms with E-state index >= 15 is 0 Å². The lowest BCUT2D eigenvalue weighted by atomic mass is 10.0. The Hall–Kier alpha value is -9.17. The molecule has 15 aromatic rings. The Morgan fingerprint density at radius 2 is 0.786 bits per heavy atom. The molecule has 5 heterocycles. The Balaban J connectivity index is 1.10. The fourth-order valence-corrected chi connectivity index (χ4v) is 12.4. The minimum atomic E-state index is 0.638. The molecule has 70 heavy (non-hydrogen) atoms. The first kappa shape index (κ1) is 38.9. The van der Waals surface area contributed by atoms with Crippen LogP contribution in [0.3, 0.4) is 0 Å². The van der Waals surface area contributed by atoms with Gasteiger partial charge in [-0.15, -0.1) is 11.3 Å². The molecule has 15 rings (SSSR count). The monoisotopic (exact) mass is 910 g/mol. The summed E-state index contributed by atoms with van der Waals surface area (Å²) in [6.45, 7) is 0. The summed E-state index contributed by atoms with van der Waals surface area (Å²) in [5.74, 6) is 1.92. The third-order valence-corrected chi connectivity index (χ3v) is 15.3. The van der Waals surface area contributed by atoms with E-state index < -0.39 is 0 Å². The van der Waals surface area contributed by atoms with Gasteiger partial charge in [0.15, 0.2) is 17.5 Å². The van der Waals surface area contributed by atoms with Gasteiger partial charge in [0.2, 0.25) is 0 Å². The number of para-hydroxylation sites is 5. The molecule has 0 aliphatic rings. The molecule has 5 aromatic heterocycles. The standard InChI is InChI=1S/C63H38N6S/c1-4-20-39(21-5-1)61-64-62(40-22-6-2-7-23-40)66-63(65-61)47-36-37-53(60-56(47)46-30-14-19-35-55(46)70-60)69-51-33-17-12-28-44(51)48-38-54(68-49-31-15-10-26-42(49)43-27-11-16-32-50(43)68)59-57(58(48)69)45-29-13-18-34-52(45)67(59)41-24-8-3-9-25-41/h1-38H. The van der Waals surface area contributed by atoms with E-state index in [1.807, 2.05) is 47.7 Å². The summed E-state index contributed by atoms with van der Waals surface area (Å²) in [5.41, 5.74) is 13.1. The lowest BCUT2D eigenvalue weighted by molar-refractivity contribution is 1.08. The van der Waals surface area contributed by atoms with Crippen LogP contribution in [0.5, 0.6) is 0 Å². The van der Waals surface area contributed by atoms with Gasteiger partial charge in [0, 0.05) is 70.2 Å². The molecular weight excluding hydrogens is 873 g/mol. The predicted octanol–water partition coefficient (Wildman–Crippen LogP) is 16.5. The summed E-state index contributed by atoms with van der Waals surface area (Å²) in [6, 6.07) is 82.6. The second-order valence-electron chi connectivity index (χ2n) is 17.9. The van der Waals surface area contributed by atoms with E-state index in [1.54, 1.807) is 0 Å². The van der Waals surface area contributed by atoms with Gasteiger partial charge in [-0.3, -0.25) is 0 Å². The van der Waals surface area contributed by atoms with Crippen molar-refractivity contribution in [2.45, 2.75) is 0 Å². The molecule has 7 heteroatoms. The maximum absolute atomic E-state index is 5.28. The summed E-state index contributed by atoms with van der Waals surface area (Å²) < 4.78 is 9.89. The Kier molecular flexibility index (Phi) is 8.43. The van der Waals surface area contributed by atoms with E-state index in [0.29, 0.717) is 17.5 Å². The van der Waals surface area contributed by atoms with Crippen LogP contribution in [0.15, 0.2) is 231 Å². The quantitative estimate of drug-likeness (QED) is 0.167. The van der Waals surface area contributed by atoms with Gasteiger partial charge in [0.05, 0.1) is 49.2 Å². The fraction of sp³-hybridized carbons (Fsp3) is 0. The van der Waals surface area contributed by atoms with Gasteiger partial charge in [-0.25, -0.2) is 15.0 Å². The minimum absolute atomic E-state index is 0.638. The third-order valence-electron chi connectivity index (χ3n) is 14.1. The molecule has 6 nitrogen and oxygen atoms in total. The van der Waals surface area contributed by atoms with Crippen LogP contribution in [0.25, 0.3) is 137 Å². The van der Waals surface area contributed by atoms with E-state index in [-0.39, 0.29) is 0 Å². The van der Waals surface area contributed by atoms with Crippen molar-refractivity contribution in [3.05, 3.63) is 231 Å². The van der Waals surface area contributed by atoms with Crippen LogP contribution >= 0.6 is 11.3 Å². The van der Waals surface area contributed by atoms with Crippen LogP contribution in [0.1, 0.15) is 0 Å². The van der Waals surface area contributed by atoms with Gasteiger partial charge in [-0.2, -0.15) is 0 Å². The van der Waals surface area contributed by atoms with Crippen molar-refractivity contribution in [3.63, 3.8) is 0 Å². The molecule has 0 saturated heterocycles. The Labute approximate surface area is 405 Å². The summed E-state index contributed by atoms with van der Waals surface area (Å²) in [5, 5.41) is 9.51. The van der Waals surface area contributed by atoms with E-state index in [4.69, 9.17) is 15.0 Å². The van der Waals surface area contributed by atoms with Gasteiger partial charge in [-0.05, 0) is 60.7 Å². The largest absolute Gasteiger partial charge is 0.307 e. The van der Waals surface area contributed by atoms with Crippen molar-refractivity contribution in [1.82, 2.24) is 28.7 Å². The molecule has 0 atom stereocenters. The normalized spacial score (nSPS) is 12.0. The van der Waals surface area contributed by atoms with E-state index in [1.165, 1.54) is 53.4 Å². The number of hydrogen-bond acceptors (Lipinski definition) is 4. The van der Waals surface area contributed by atoms with Gasteiger partial charge in [0.1, 0.15) is 0 Å². The zero-order valence-electron chi connectivity index (χ0n) is 37.5. The van der Waals surface area contributed by atoms with E-state index in [9.17, 15) is 0 Å². The average molecular weight is 911 g/mol. The van der Waals surface area contributed by atoms with Crippen LogP contribution in [-0.4, -0.2) is 28.7 Å². The molecule has 326 valence electrons. The van der Waals surface area contributed by atoms with Crippen molar-refractivity contribution < 1.29 is 0 Å². The van der Waals surface area contributed by atoms with Gasteiger partial charge < -0.3 is 13.7 Å². The molecule has 0 aliphatic carbocycles. The summed E-state index contributed by atoms with van der Waals surface area (Å²) in [4.78, 5) is 15.6. The number of thiophene rings is 1. The molecule has 10 aromatic carbocycles. The molecule has 0 saturated carbocycles. The zero-order valence-corrected chi connectivity index (χ0v) is 38.3. The minimum Gasteiger partial charge on any atom is -0.307 e. The number of aromatic nitrogens is 6. The molecule has 0 bridgehead atoms. The first-order chi connectivity index (χ1) is 34.8. The highest BCUT2D eigenvalue weighted by Crippen LogP contribution is 2.49.